The van der Waals surface area contributed by atoms with Crippen LogP contribution in [0.1, 0.15) is 24.0 Å². The molecule has 0 saturated carbocycles. The predicted molar refractivity (Wildman–Crippen MR) is 86.9 cm³/mol. The smallest absolute Gasteiger partial charge is 0.224 e. The Morgan fingerprint density at radius 2 is 2.04 bits per heavy atom. The molecule has 0 bridgehead atoms. The number of halogens is 1. The summed E-state index contributed by atoms with van der Waals surface area (Å²) >= 11 is 0. The molecule has 0 aromatic heterocycles. The Morgan fingerprint density at radius 3 is 2.78 bits per heavy atom. The first-order valence-electron chi connectivity index (χ1n) is 7.47. The third-order valence-corrected chi connectivity index (χ3v) is 3.40. The maximum atomic E-state index is 13.4. The summed E-state index contributed by atoms with van der Waals surface area (Å²) in [4.78, 5) is 11.9. The van der Waals surface area contributed by atoms with Gasteiger partial charge in [0.2, 0.25) is 5.91 Å². The highest BCUT2D eigenvalue weighted by atomic mass is 19.1. The molecule has 2 aromatic carbocycles. The standard InChI is InChI=1S/C18H20FNO3/c1-13-8-9-14(12-21)11-16(13)20-18(22)7-4-10-23-17-6-3-2-5-15(17)19/h2-3,5-6,8-9,11,21H,4,7,10,12H2,1H3,(H,20,22). The number of amides is 1. The molecule has 0 unspecified atom stereocenters. The van der Waals surface area contributed by atoms with Gasteiger partial charge in [-0.15, -0.1) is 0 Å². The maximum Gasteiger partial charge on any atom is 0.224 e. The maximum absolute atomic E-state index is 13.4. The van der Waals surface area contributed by atoms with E-state index in [0.29, 0.717) is 12.1 Å². The summed E-state index contributed by atoms with van der Waals surface area (Å²) in [6.07, 6.45) is 0.760. The van der Waals surface area contributed by atoms with Crippen LogP contribution in [0, 0.1) is 12.7 Å². The number of ether oxygens (including phenoxy) is 1. The predicted octanol–water partition coefficient (Wildman–Crippen LogP) is 3.42. The summed E-state index contributed by atoms with van der Waals surface area (Å²) in [6, 6.07) is 11.6. The second-order valence-corrected chi connectivity index (χ2v) is 5.24. The number of hydrogen-bond donors (Lipinski definition) is 2. The van der Waals surface area contributed by atoms with Gasteiger partial charge in [-0.05, 0) is 42.7 Å². The van der Waals surface area contributed by atoms with Gasteiger partial charge < -0.3 is 15.2 Å². The average molecular weight is 317 g/mol. The zero-order valence-corrected chi connectivity index (χ0v) is 13.0. The number of benzene rings is 2. The molecule has 0 aliphatic carbocycles. The van der Waals surface area contributed by atoms with Gasteiger partial charge in [0.05, 0.1) is 13.2 Å². The van der Waals surface area contributed by atoms with Crippen molar-refractivity contribution >= 4 is 11.6 Å². The number of para-hydroxylation sites is 1. The van der Waals surface area contributed by atoms with Crippen LogP contribution in [0.2, 0.25) is 0 Å². The Balaban J connectivity index is 1.78. The normalized spacial score (nSPS) is 10.4. The molecule has 0 aliphatic rings. The van der Waals surface area contributed by atoms with Crippen molar-refractivity contribution in [3.05, 3.63) is 59.4 Å². The van der Waals surface area contributed by atoms with Gasteiger partial charge >= 0.3 is 0 Å². The fraction of sp³-hybridized carbons (Fsp3) is 0.278. The number of carbonyl (C=O) groups excluding carboxylic acids is 1. The zero-order valence-electron chi connectivity index (χ0n) is 13.0. The largest absolute Gasteiger partial charge is 0.491 e. The van der Waals surface area contributed by atoms with Crippen molar-refractivity contribution in [3.63, 3.8) is 0 Å². The van der Waals surface area contributed by atoms with Crippen molar-refractivity contribution in [1.82, 2.24) is 0 Å². The second-order valence-electron chi connectivity index (χ2n) is 5.24. The summed E-state index contributed by atoms with van der Waals surface area (Å²) in [5, 5.41) is 11.9. The minimum atomic E-state index is -0.409. The van der Waals surface area contributed by atoms with E-state index in [9.17, 15) is 9.18 Å². The molecule has 4 nitrogen and oxygen atoms in total. The number of aliphatic hydroxyl groups is 1. The summed E-state index contributed by atoms with van der Waals surface area (Å²) < 4.78 is 18.7. The number of carbonyl (C=O) groups is 1. The molecule has 122 valence electrons. The van der Waals surface area contributed by atoms with Crippen LogP contribution in [0.5, 0.6) is 5.75 Å². The Labute approximate surface area is 134 Å². The first kappa shape index (κ1) is 17.0. The average Bonchev–Trinajstić information content (AvgIpc) is 2.55. The quantitative estimate of drug-likeness (QED) is 0.769. The molecule has 2 aromatic rings. The lowest BCUT2D eigenvalue weighted by molar-refractivity contribution is -0.116. The van der Waals surface area contributed by atoms with Gasteiger partial charge in [0.1, 0.15) is 0 Å². The van der Waals surface area contributed by atoms with Gasteiger partial charge in [0.15, 0.2) is 11.6 Å². The molecular formula is C18H20FNO3. The number of anilines is 1. The van der Waals surface area contributed by atoms with E-state index in [0.717, 1.165) is 11.1 Å². The highest BCUT2D eigenvalue weighted by Crippen LogP contribution is 2.18. The molecule has 23 heavy (non-hydrogen) atoms. The van der Waals surface area contributed by atoms with E-state index in [1.165, 1.54) is 6.07 Å². The van der Waals surface area contributed by atoms with E-state index in [-0.39, 0.29) is 31.3 Å². The summed E-state index contributed by atoms with van der Waals surface area (Å²) in [7, 11) is 0. The second kappa shape index (κ2) is 8.29. The van der Waals surface area contributed by atoms with Crippen LogP contribution < -0.4 is 10.1 Å². The first-order valence-corrected chi connectivity index (χ1v) is 7.47. The van der Waals surface area contributed by atoms with Crippen molar-refractivity contribution in [2.75, 3.05) is 11.9 Å². The molecular weight excluding hydrogens is 297 g/mol. The van der Waals surface area contributed by atoms with Gasteiger partial charge in [-0.25, -0.2) is 4.39 Å². The van der Waals surface area contributed by atoms with Crippen molar-refractivity contribution < 1.29 is 19.0 Å². The van der Waals surface area contributed by atoms with E-state index in [1.54, 1.807) is 24.3 Å². The topological polar surface area (TPSA) is 58.6 Å². The SMILES string of the molecule is Cc1ccc(CO)cc1NC(=O)CCCOc1ccccc1F. The number of aliphatic hydroxyl groups excluding tert-OH is 1. The fourth-order valence-corrected chi connectivity index (χ4v) is 2.09. The summed E-state index contributed by atoms with van der Waals surface area (Å²) in [6.45, 7) is 2.09. The number of hydrogen-bond acceptors (Lipinski definition) is 3. The third-order valence-electron chi connectivity index (χ3n) is 3.40. The summed E-state index contributed by atoms with van der Waals surface area (Å²) in [5.41, 5.74) is 2.36. The summed E-state index contributed by atoms with van der Waals surface area (Å²) in [5.74, 6) is -0.354. The van der Waals surface area contributed by atoms with Crippen molar-refractivity contribution in [1.29, 1.82) is 0 Å². The van der Waals surface area contributed by atoms with Gasteiger partial charge in [-0.1, -0.05) is 24.3 Å². The van der Waals surface area contributed by atoms with Gasteiger partial charge in [-0.2, -0.15) is 0 Å². The Hall–Kier alpha value is -2.40. The van der Waals surface area contributed by atoms with E-state index >= 15 is 0 Å². The Bertz CT molecular complexity index is 673. The fourth-order valence-electron chi connectivity index (χ4n) is 2.09. The number of aryl methyl sites for hydroxylation is 1. The molecule has 0 aliphatic heterocycles. The van der Waals surface area contributed by atoms with Crippen LogP contribution in [0.3, 0.4) is 0 Å². The number of nitrogens with one attached hydrogen (secondary N) is 1. The molecule has 1 amide bonds. The number of rotatable bonds is 7. The van der Waals surface area contributed by atoms with Crippen LogP contribution >= 0.6 is 0 Å². The third kappa shape index (κ3) is 5.07. The van der Waals surface area contributed by atoms with E-state index in [4.69, 9.17) is 9.84 Å². The molecule has 2 N–H and O–H groups in total. The molecule has 2 rings (SSSR count). The van der Waals surface area contributed by atoms with Crippen LogP contribution in [0.25, 0.3) is 0 Å². The van der Waals surface area contributed by atoms with E-state index in [2.05, 4.69) is 5.32 Å². The van der Waals surface area contributed by atoms with E-state index in [1.807, 2.05) is 19.1 Å². The molecule has 0 saturated heterocycles. The van der Waals surface area contributed by atoms with Crippen LogP contribution in [0.4, 0.5) is 10.1 Å². The molecule has 0 fully saturated rings. The highest BCUT2D eigenvalue weighted by Gasteiger charge is 2.07. The monoisotopic (exact) mass is 317 g/mol. The minimum Gasteiger partial charge on any atom is -0.491 e. The van der Waals surface area contributed by atoms with Crippen molar-refractivity contribution in [2.24, 2.45) is 0 Å². The van der Waals surface area contributed by atoms with Crippen molar-refractivity contribution in [2.45, 2.75) is 26.4 Å². The van der Waals surface area contributed by atoms with Crippen molar-refractivity contribution in [3.8, 4) is 5.75 Å². The Kier molecular flexibility index (Phi) is 6.11. The van der Waals surface area contributed by atoms with Gasteiger partial charge in [0.25, 0.3) is 0 Å². The molecule has 0 spiro atoms. The molecule has 0 heterocycles. The zero-order chi connectivity index (χ0) is 16.7. The van der Waals surface area contributed by atoms with Gasteiger partial charge in [-0.3, -0.25) is 4.79 Å². The Morgan fingerprint density at radius 1 is 1.26 bits per heavy atom. The molecule has 5 heteroatoms. The van der Waals surface area contributed by atoms with Gasteiger partial charge in [0, 0.05) is 12.1 Å². The molecule has 0 radical (unpaired) electrons. The van der Waals surface area contributed by atoms with Crippen LogP contribution in [0.15, 0.2) is 42.5 Å². The first-order chi connectivity index (χ1) is 11.1. The minimum absolute atomic E-state index is 0.0698. The van der Waals surface area contributed by atoms with Crippen LogP contribution in [-0.4, -0.2) is 17.6 Å². The lowest BCUT2D eigenvalue weighted by Gasteiger charge is -2.10. The molecule has 0 atom stereocenters. The highest BCUT2D eigenvalue weighted by molar-refractivity contribution is 5.91. The lowest BCUT2D eigenvalue weighted by Crippen LogP contribution is -2.14. The lowest BCUT2D eigenvalue weighted by atomic mass is 10.1. The van der Waals surface area contributed by atoms with Crippen LogP contribution in [-0.2, 0) is 11.4 Å². The van der Waals surface area contributed by atoms with E-state index < -0.39 is 5.82 Å².